The first-order chi connectivity index (χ1) is 7.10. The van der Waals surface area contributed by atoms with Crippen molar-refractivity contribution >= 4 is 15.9 Å². The summed E-state index contributed by atoms with van der Waals surface area (Å²) in [7, 11) is 1.65. The maximum absolute atomic E-state index is 9.39. The highest BCUT2D eigenvalue weighted by Gasteiger charge is 2.19. The van der Waals surface area contributed by atoms with E-state index in [9.17, 15) is 5.11 Å². The molecule has 0 amide bonds. The fourth-order valence-corrected chi connectivity index (χ4v) is 2.04. The van der Waals surface area contributed by atoms with Crippen LogP contribution in [0.15, 0.2) is 22.7 Å². The fraction of sp³-hybridized carbons (Fsp3) is 0.500. The third-order valence-electron chi connectivity index (χ3n) is 2.59. The zero-order chi connectivity index (χ0) is 11.4. The van der Waals surface area contributed by atoms with Crippen LogP contribution in [-0.2, 0) is 0 Å². The number of methoxy groups -OCH3 is 1. The average Bonchev–Trinajstić information content (AvgIpc) is 2.18. The molecule has 1 unspecified atom stereocenters. The fourth-order valence-electron chi connectivity index (χ4n) is 1.66. The number of aliphatic hydroxyl groups excluding tert-OH is 1. The predicted octanol–water partition coefficient (Wildman–Crippen LogP) is 3.19. The smallest absolute Gasteiger partial charge is 0.122 e. The molecule has 0 aliphatic heterocycles. The number of halogens is 1. The Morgan fingerprint density at radius 1 is 1.40 bits per heavy atom. The molecule has 1 N–H and O–H groups in total. The first-order valence-corrected chi connectivity index (χ1v) is 5.83. The summed E-state index contributed by atoms with van der Waals surface area (Å²) >= 11 is 3.43. The Hall–Kier alpha value is -0.540. The van der Waals surface area contributed by atoms with Crippen LogP contribution in [0.2, 0.25) is 0 Å². The van der Waals surface area contributed by atoms with Gasteiger partial charge in [0.1, 0.15) is 5.75 Å². The van der Waals surface area contributed by atoms with Gasteiger partial charge in [0.25, 0.3) is 0 Å². The van der Waals surface area contributed by atoms with Gasteiger partial charge in [-0.25, -0.2) is 0 Å². The lowest BCUT2D eigenvalue weighted by molar-refractivity contribution is 0.234. The molecule has 1 aromatic carbocycles. The van der Waals surface area contributed by atoms with Crippen LogP contribution in [-0.4, -0.2) is 18.8 Å². The van der Waals surface area contributed by atoms with E-state index in [1.54, 1.807) is 7.11 Å². The summed E-state index contributed by atoms with van der Waals surface area (Å²) in [6.45, 7) is 4.34. The Morgan fingerprint density at radius 2 is 2.07 bits per heavy atom. The molecule has 0 saturated heterocycles. The van der Waals surface area contributed by atoms with Crippen LogP contribution in [0.1, 0.15) is 25.3 Å². The molecule has 0 fully saturated rings. The summed E-state index contributed by atoms with van der Waals surface area (Å²) in [6.07, 6.45) is 0. The Kier molecular flexibility index (Phi) is 4.61. The average molecular weight is 273 g/mol. The Bertz CT molecular complexity index is 323. The van der Waals surface area contributed by atoms with E-state index in [2.05, 4.69) is 29.8 Å². The number of hydrogen-bond donors (Lipinski definition) is 1. The van der Waals surface area contributed by atoms with E-state index < -0.39 is 0 Å². The van der Waals surface area contributed by atoms with Gasteiger partial charge in [0.15, 0.2) is 0 Å². The molecule has 2 nitrogen and oxygen atoms in total. The summed E-state index contributed by atoms with van der Waals surface area (Å²) in [4.78, 5) is 0. The number of aliphatic hydroxyl groups is 1. The van der Waals surface area contributed by atoms with Crippen molar-refractivity contribution in [3.05, 3.63) is 28.2 Å². The van der Waals surface area contributed by atoms with E-state index in [0.717, 1.165) is 15.8 Å². The van der Waals surface area contributed by atoms with Crippen molar-refractivity contribution in [1.29, 1.82) is 0 Å². The predicted molar refractivity (Wildman–Crippen MR) is 65.4 cm³/mol. The minimum absolute atomic E-state index is 0.123. The zero-order valence-corrected chi connectivity index (χ0v) is 10.9. The number of rotatable bonds is 4. The molecule has 0 heterocycles. The minimum atomic E-state index is 0.123. The van der Waals surface area contributed by atoms with Gasteiger partial charge < -0.3 is 9.84 Å². The van der Waals surface area contributed by atoms with Crippen molar-refractivity contribution in [2.45, 2.75) is 19.8 Å². The molecule has 84 valence electrons. The molecule has 0 spiro atoms. The largest absolute Gasteiger partial charge is 0.496 e. The van der Waals surface area contributed by atoms with Crippen molar-refractivity contribution in [3.63, 3.8) is 0 Å². The molecule has 1 rings (SSSR count). The SMILES string of the molecule is COc1ccc(Br)cc1C(CO)C(C)C. The van der Waals surface area contributed by atoms with Gasteiger partial charge in [-0.15, -0.1) is 0 Å². The van der Waals surface area contributed by atoms with Gasteiger partial charge >= 0.3 is 0 Å². The minimum Gasteiger partial charge on any atom is -0.496 e. The molecular weight excluding hydrogens is 256 g/mol. The van der Waals surface area contributed by atoms with Gasteiger partial charge in [-0.1, -0.05) is 29.8 Å². The van der Waals surface area contributed by atoms with Gasteiger partial charge in [0.2, 0.25) is 0 Å². The lowest BCUT2D eigenvalue weighted by Crippen LogP contribution is -2.12. The van der Waals surface area contributed by atoms with E-state index in [1.165, 1.54) is 0 Å². The summed E-state index contributed by atoms with van der Waals surface area (Å²) in [5.74, 6) is 1.35. The number of hydrogen-bond acceptors (Lipinski definition) is 2. The highest BCUT2D eigenvalue weighted by molar-refractivity contribution is 9.10. The van der Waals surface area contributed by atoms with E-state index in [-0.39, 0.29) is 12.5 Å². The second-order valence-corrected chi connectivity index (χ2v) is 4.84. The summed E-state index contributed by atoms with van der Waals surface area (Å²) in [6, 6.07) is 5.88. The molecule has 0 aliphatic carbocycles. The molecule has 0 bridgehead atoms. The van der Waals surface area contributed by atoms with E-state index >= 15 is 0 Å². The normalized spacial score (nSPS) is 12.9. The number of benzene rings is 1. The van der Waals surface area contributed by atoms with Crippen LogP contribution in [0.25, 0.3) is 0 Å². The van der Waals surface area contributed by atoms with Gasteiger partial charge in [-0.2, -0.15) is 0 Å². The maximum atomic E-state index is 9.39. The second-order valence-electron chi connectivity index (χ2n) is 3.92. The van der Waals surface area contributed by atoms with Gasteiger partial charge in [0, 0.05) is 16.0 Å². The highest BCUT2D eigenvalue weighted by Crippen LogP contribution is 2.33. The summed E-state index contributed by atoms with van der Waals surface area (Å²) in [5, 5.41) is 9.39. The molecule has 15 heavy (non-hydrogen) atoms. The lowest BCUT2D eigenvalue weighted by Gasteiger charge is -2.21. The third-order valence-corrected chi connectivity index (χ3v) is 3.09. The van der Waals surface area contributed by atoms with Crippen molar-refractivity contribution < 1.29 is 9.84 Å². The molecule has 0 radical (unpaired) electrons. The topological polar surface area (TPSA) is 29.5 Å². The second kappa shape index (κ2) is 5.52. The van der Waals surface area contributed by atoms with Crippen LogP contribution in [0.5, 0.6) is 5.75 Å². The first-order valence-electron chi connectivity index (χ1n) is 5.04. The molecule has 0 aromatic heterocycles. The van der Waals surface area contributed by atoms with Crippen LogP contribution in [0, 0.1) is 5.92 Å². The quantitative estimate of drug-likeness (QED) is 0.912. The summed E-state index contributed by atoms with van der Waals surface area (Å²) < 4.78 is 6.31. The van der Waals surface area contributed by atoms with Crippen molar-refractivity contribution in [1.82, 2.24) is 0 Å². The summed E-state index contributed by atoms with van der Waals surface area (Å²) in [5.41, 5.74) is 1.06. The molecule has 0 aliphatic rings. The van der Waals surface area contributed by atoms with Crippen molar-refractivity contribution in [2.24, 2.45) is 5.92 Å². The standard InChI is InChI=1S/C12H17BrO2/c1-8(2)11(7-14)10-6-9(13)4-5-12(10)15-3/h4-6,8,11,14H,7H2,1-3H3. The zero-order valence-electron chi connectivity index (χ0n) is 9.33. The van der Waals surface area contributed by atoms with Crippen LogP contribution in [0.3, 0.4) is 0 Å². The Labute approximate surface area is 99.4 Å². The van der Waals surface area contributed by atoms with Gasteiger partial charge in [-0.3, -0.25) is 0 Å². The molecular formula is C12H17BrO2. The monoisotopic (exact) mass is 272 g/mol. The van der Waals surface area contributed by atoms with Gasteiger partial charge in [-0.05, 0) is 24.1 Å². The number of ether oxygens (including phenoxy) is 1. The van der Waals surface area contributed by atoms with Crippen LogP contribution < -0.4 is 4.74 Å². The van der Waals surface area contributed by atoms with Crippen LogP contribution in [0.4, 0.5) is 0 Å². The molecule has 1 atom stereocenters. The van der Waals surface area contributed by atoms with E-state index in [0.29, 0.717) is 5.92 Å². The van der Waals surface area contributed by atoms with E-state index in [1.807, 2.05) is 18.2 Å². The van der Waals surface area contributed by atoms with E-state index in [4.69, 9.17) is 4.74 Å². The maximum Gasteiger partial charge on any atom is 0.122 e. The molecule has 3 heteroatoms. The first kappa shape index (κ1) is 12.5. The Balaban J connectivity index is 3.13. The van der Waals surface area contributed by atoms with Gasteiger partial charge in [0.05, 0.1) is 13.7 Å². The van der Waals surface area contributed by atoms with Crippen molar-refractivity contribution in [2.75, 3.05) is 13.7 Å². The van der Waals surface area contributed by atoms with Crippen molar-refractivity contribution in [3.8, 4) is 5.75 Å². The highest BCUT2D eigenvalue weighted by atomic mass is 79.9. The molecule has 0 saturated carbocycles. The third kappa shape index (κ3) is 2.95. The lowest BCUT2D eigenvalue weighted by atomic mass is 9.88. The Morgan fingerprint density at radius 3 is 2.53 bits per heavy atom. The molecule has 1 aromatic rings. The van der Waals surface area contributed by atoms with Crippen LogP contribution >= 0.6 is 15.9 Å².